The number of benzene rings is 2. The van der Waals surface area contributed by atoms with E-state index in [4.69, 9.17) is 14.2 Å². The third-order valence-corrected chi connectivity index (χ3v) is 4.62. The van der Waals surface area contributed by atoms with Crippen molar-refractivity contribution in [1.29, 1.82) is 0 Å². The number of Topliss-reactive ketones (excluding diaryl/α,β-unsaturated/α-hetero) is 1. The molecule has 31 heavy (non-hydrogen) atoms. The molecule has 0 saturated heterocycles. The quantitative estimate of drug-likeness (QED) is 0.576. The highest BCUT2D eigenvalue weighted by molar-refractivity contribution is 5.98. The largest absolute Gasteiger partial charge is 0.493 e. The molecule has 0 unspecified atom stereocenters. The summed E-state index contributed by atoms with van der Waals surface area (Å²) >= 11 is 0. The van der Waals surface area contributed by atoms with E-state index < -0.39 is 6.61 Å². The number of ketones is 1. The topological polar surface area (TPSA) is 83.1 Å². The van der Waals surface area contributed by atoms with Crippen LogP contribution in [-0.4, -0.2) is 45.2 Å². The van der Waals surface area contributed by atoms with Gasteiger partial charge in [0.2, 0.25) is 5.91 Å². The van der Waals surface area contributed by atoms with Gasteiger partial charge >= 0.3 is 6.61 Å². The average Bonchev–Trinajstić information content (AvgIpc) is 2.77. The number of rotatable bonds is 10. The summed E-state index contributed by atoms with van der Waals surface area (Å²) in [7, 11) is 1.36. The minimum absolute atomic E-state index is 0.0373. The summed E-state index contributed by atoms with van der Waals surface area (Å²) in [5.74, 6) is 0.814. The number of carbonyl (C=O) groups excluding carboxylic acids is 2. The van der Waals surface area contributed by atoms with E-state index in [1.165, 1.54) is 19.2 Å². The van der Waals surface area contributed by atoms with E-state index in [0.29, 0.717) is 42.3 Å². The second-order valence-electron chi connectivity index (χ2n) is 6.75. The summed E-state index contributed by atoms with van der Waals surface area (Å²) in [6.07, 6.45) is 0.501. The highest BCUT2D eigenvalue weighted by Gasteiger charge is 2.16. The molecule has 0 aliphatic carbocycles. The van der Waals surface area contributed by atoms with Crippen LogP contribution in [0.4, 0.5) is 8.78 Å². The molecule has 0 atom stereocenters. The van der Waals surface area contributed by atoms with E-state index in [9.17, 15) is 18.4 Å². The van der Waals surface area contributed by atoms with Gasteiger partial charge < -0.3 is 24.3 Å². The maximum Gasteiger partial charge on any atom is 0.387 e. The SMILES string of the molecule is COc1ccc(CCNC(=O)CCC(=O)c2ccc3c(c2)OCCO3)cc1OC(F)F. The molecule has 1 heterocycles. The van der Waals surface area contributed by atoms with E-state index in [1.807, 2.05) is 0 Å². The molecule has 1 amide bonds. The van der Waals surface area contributed by atoms with E-state index in [2.05, 4.69) is 10.1 Å². The Kier molecular flexibility index (Phi) is 7.64. The Bertz CT molecular complexity index is 934. The molecule has 7 nitrogen and oxygen atoms in total. The molecule has 1 aliphatic heterocycles. The summed E-state index contributed by atoms with van der Waals surface area (Å²) in [5.41, 5.74) is 1.16. The number of nitrogens with one attached hydrogen (secondary N) is 1. The molecule has 0 aromatic heterocycles. The molecule has 1 aliphatic rings. The minimum atomic E-state index is -2.96. The van der Waals surface area contributed by atoms with Crippen LogP contribution >= 0.6 is 0 Å². The lowest BCUT2D eigenvalue weighted by Gasteiger charge is -2.18. The first kappa shape index (κ1) is 22.3. The predicted molar refractivity (Wildman–Crippen MR) is 107 cm³/mol. The second kappa shape index (κ2) is 10.6. The normalized spacial score (nSPS) is 12.4. The van der Waals surface area contributed by atoms with Crippen molar-refractivity contribution in [1.82, 2.24) is 5.32 Å². The first-order chi connectivity index (χ1) is 15.0. The van der Waals surface area contributed by atoms with Crippen molar-refractivity contribution in [3.8, 4) is 23.0 Å². The van der Waals surface area contributed by atoms with Crippen LogP contribution in [0.5, 0.6) is 23.0 Å². The van der Waals surface area contributed by atoms with Gasteiger partial charge in [-0.15, -0.1) is 0 Å². The molecule has 2 aromatic rings. The monoisotopic (exact) mass is 435 g/mol. The van der Waals surface area contributed by atoms with Crippen LogP contribution in [0.2, 0.25) is 0 Å². The Morgan fingerprint density at radius 1 is 1.03 bits per heavy atom. The molecule has 2 aromatic carbocycles. The van der Waals surface area contributed by atoms with Gasteiger partial charge in [-0.1, -0.05) is 6.07 Å². The number of alkyl halides is 2. The summed E-state index contributed by atoms with van der Waals surface area (Å²) < 4.78 is 45.3. The molecule has 0 bridgehead atoms. The average molecular weight is 435 g/mol. The van der Waals surface area contributed by atoms with E-state index in [0.717, 1.165) is 0 Å². The fraction of sp³-hybridized carbons (Fsp3) is 0.364. The van der Waals surface area contributed by atoms with Crippen molar-refractivity contribution in [2.45, 2.75) is 25.9 Å². The highest BCUT2D eigenvalue weighted by Crippen LogP contribution is 2.31. The number of hydrogen-bond acceptors (Lipinski definition) is 6. The Hall–Kier alpha value is -3.36. The fourth-order valence-corrected chi connectivity index (χ4v) is 3.09. The zero-order valence-corrected chi connectivity index (χ0v) is 17.0. The predicted octanol–water partition coefficient (Wildman–Crippen LogP) is 3.39. The van der Waals surface area contributed by atoms with Gasteiger partial charge in [-0.3, -0.25) is 9.59 Å². The molecular formula is C22H23F2NO6. The van der Waals surface area contributed by atoms with Crippen LogP contribution in [0, 0.1) is 0 Å². The van der Waals surface area contributed by atoms with Gasteiger partial charge in [0, 0.05) is 24.9 Å². The number of fused-ring (bicyclic) bond motifs is 1. The number of ether oxygens (including phenoxy) is 4. The summed E-state index contributed by atoms with van der Waals surface area (Å²) in [6, 6.07) is 9.63. The van der Waals surface area contributed by atoms with Crippen LogP contribution < -0.4 is 24.3 Å². The van der Waals surface area contributed by atoms with Gasteiger partial charge in [-0.05, 0) is 42.3 Å². The lowest BCUT2D eigenvalue weighted by molar-refractivity contribution is -0.121. The second-order valence-corrected chi connectivity index (χ2v) is 6.75. The van der Waals surface area contributed by atoms with Crippen LogP contribution in [0.3, 0.4) is 0 Å². The minimum Gasteiger partial charge on any atom is -0.493 e. The van der Waals surface area contributed by atoms with E-state index in [1.54, 1.807) is 24.3 Å². The van der Waals surface area contributed by atoms with Crippen LogP contribution in [0.1, 0.15) is 28.8 Å². The van der Waals surface area contributed by atoms with Crippen molar-refractivity contribution in [2.75, 3.05) is 26.9 Å². The molecule has 166 valence electrons. The lowest BCUT2D eigenvalue weighted by Crippen LogP contribution is -2.26. The Morgan fingerprint density at radius 3 is 2.55 bits per heavy atom. The third kappa shape index (κ3) is 6.31. The molecule has 3 rings (SSSR count). The third-order valence-electron chi connectivity index (χ3n) is 4.62. The molecular weight excluding hydrogens is 412 g/mol. The molecule has 0 saturated carbocycles. The van der Waals surface area contributed by atoms with Gasteiger partial charge in [-0.25, -0.2) is 0 Å². The standard InChI is InChI=1S/C22H23F2NO6/c1-28-17-5-2-14(12-20(17)31-22(23)24)8-9-25-21(27)7-4-16(26)15-3-6-18-19(13-15)30-11-10-29-18/h2-3,5-6,12-13,22H,4,7-11H2,1H3,(H,25,27). The highest BCUT2D eigenvalue weighted by atomic mass is 19.3. The Labute approximate surface area is 178 Å². The summed E-state index contributed by atoms with van der Waals surface area (Å²) in [5, 5.41) is 2.72. The molecule has 0 spiro atoms. The number of halogens is 2. The zero-order valence-electron chi connectivity index (χ0n) is 17.0. The fourth-order valence-electron chi connectivity index (χ4n) is 3.09. The number of amides is 1. The first-order valence-electron chi connectivity index (χ1n) is 9.77. The van der Waals surface area contributed by atoms with Crippen LogP contribution in [0.15, 0.2) is 36.4 Å². The van der Waals surface area contributed by atoms with Crippen LogP contribution in [-0.2, 0) is 11.2 Å². The number of hydrogen-bond donors (Lipinski definition) is 1. The van der Waals surface area contributed by atoms with E-state index >= 15 is 0 Å². The zero-order chi connectivity index (χ0) is 22.2. The van der Waals surface area contributed by atoms with E-state index in [-0.39, 0.29) is 42.6 Å². The van der Waals surface area contributed by atoms with Crippen molar-refractivity contribution in [3.63, 3.8) is 0 Å². The molecule has 0 radical (unpaired) electrons. The Morgan fingerprint density at radius 2 is 1.81 bits per heavy atom. The number of methoxy groups -OCH3 is 1. The molecule has 9 heteroatoms. The van der Waals surface area contributed by atoms with Crippen molar-refractivity contribution < 1.29 is 37.3 Å². The van der Waals surface area contributed by atoms with Gasteiger partial charge in [0.15, 0.2) is 28.8 Å². The van der Waals surface area contributed by atoms with Crippen molar-refractivity contribution >= 4 is 11.7 Å². The summed E-state index contributed by atoms with van der Waals surface area (Å²) in [6.45, 7) is -1.78. The van der Waals surface area contributed by atoms with Crippen molar-refractivity contribution in [2.24, 2.45) is 0 Å². The number of carbonyl (C=O) groups is 2. The maximum atomic E-state index is 12.5. The maximum absolute atomic E-state index is 12.5. The van der Waals surface area contributed by atoms with Gasteiger partial charge in [0.05, 0.1) is 7.11 Å². The summed E-state index contributed by atoms with van der Waals surface area (Å²) in [4.78, 5) is 24.4. The van der Waals surface area contributed by atoms with Gasteiger partial charge in [0.1, 0.15) is 13.2 Å². The lowest BCUT2D eigenvalue weighted by atomic mass is 10.1. The smallest absolute Gasteiger partial charge is 0.387 e. The van der Waals surface area contributed by atoms with Crippen LogP contribution in [0.25, 0.3) is 0 Å². The van der Waals surface area contributed by atoms with Gasteiger partial charge in [0.25, 0.3) is 0 Å². The molecule has 0 fully saturated rings. The Balaban J connectivity index is 1.45. The van der Waals surface area contributed by atoms with Gasteiger partial charge in [-0.2, -0.15) is 8.78 Å². The first-order valence-corrected chi connectivity index (χ1v) is 9.77. The van der Waals surface area contributed by atoms with Crippen molar-refractivity contribution in [3.05, 3.63) is 47.5 Å². The molecule has 1 N–H and O–H groups in total.